The normalized spacial score (nSPS) is 12.7. The molecule has 0 heterocycles. The van der Waals surface area contributed by atoms with Gasteiger partial charge in [0.05, 0.1) is 0 Å². The van der Waals surface area contributed by atoms with Crippen molar-refractivity contribution in [2.45, 2.75) is 271 Å². The van der Waals surface area contributed by atoms with E-state index in [1.54, 1.807) is 0 Å². The Bertz CT molecular complexity index is 1300. The molecule has 67 heavy (non-hydrogen) atoms. The average molecular weight is 933 g/mol. The number of ether oxygens (including phenoxy) is 3. The zero-order chi connectivity index (χ0) is 48.6. The largest absolute Gasteiger partial charge is 0.462 e. The molecule has 0 saturated heterocycles. The zero-order valence-corrected chi connectivity index (χ0v) is 43.9. The van der Waals surface area contributed by atoms with E-state index in [0.717, 1.165) is 89.9 Å². The molecule has 0 aliphatic rings. The Hall–Kier alpha value is -3.41. The van der Waals surface area contributed by atoms with Crippen LogP contribution in [0.1, 0.15) is 265 Å². The summed E-state index contributed by atoms with van der Waals surface area (Å²) in [6.45, 7) is 6.44. The van der Waals surface area contributed by atoms with Gasteiger partial charge in [-0.25, -0.2) is 0 Å². The maximum Gasteiger partial charge on any atom is 0.306 e. The van der Waals surface area contributed by atoms with Crippen molar-refractivity contribution < 1.29 is 28.6 Å². The lowest BCUT2D eigenvalue weighted by Crippen LogP contribution is -2.30. The van der Waals surface area contributed by atoms with Crippen molar-refractivity contribution in [2.24, 2.45) is 0 Å². The smallest absolute Gasteiger partial charge is 0.306 e. The van der Waals surface area contributed by atoms with Crippen LogP contribution in [-0.2, 0) is 28.6 Å². The lowest BCUT2D eigenvalue weighted by atomic mass is 10.0. The van der Waals surface area contributed by atoms with E-state index in [4.69, 9.17) is 14.2 Å². The second-order valence-corrected chi connectivity index (χ2v) is 18.5. The average Bonchev–Trinajstić information content (AvgIpc) is 3.33. The van der Waals surface area contributed by atoms with Crippen molar-refractivity contribution in [1.82, 2.24) is 0 Å². The summed E-state index contributed by atoms with van der Waals surface area (Å²) in [6.07, 6.45) is 71.5. The molecule has 6 heteroatoms. The van der Waals surface area contributed by atoms with Crippen molar-refractivity contribution in [3.8, 4) is 0 Å². The minimum absolute atomic E-state index is 0.104. The molecule has 1 atom stereocenters. The SMILES string of the molecule is CC/C=C\C/C=C\C/C=C\C/C=C\CCCCC(=O)O[C@H](COC(=O)CCCC/C=C\C/C=C\C/C=C\CCCCC)COC(=O)CCCCCCCCCCCCCCCCCCCCC. The monoisotopic (exact) mass is 933 g/mol. The quantitative estimate of drug-likeness (QED) is 0.0262. The first-order valence-corrected chi connectivity index (χ1v) is 28.1. The van der Waals surface area contributed by atoms with Crippen LogP contribution in [0.15, 0.2) is 85.1 Å². The van der Waals surface area contributed by atoms with Gasteiger partial charge in [0.1, 0.15) is 13.2 Å². The van der Waals surface area contributed by atoms with Crippen LogP contribution in [0.5, 0.6) is 0 Å². The Morgan fingerprint density at radius 3 is 0.940 bits per heavy atom. The van der Waals surface area contributed by atoms with Gasteiger partial charge in [0.15, 0.2) is 6.10 Å². The summed E-state index contributed by atoms with van der Waals surface area (Å²) >= 11 is 0. The van der Waals surface area contributed by atoms with Gasteiger partial charge >= 0.3 is 17.9 Å². The Kier molecular flexibility index (Phi) is 52.4. The van der Waals surface area contributed by atoms with Gasteiger partial charge in [0.2, 0.25) is 0 Å². The van der Waals surface area contributed by atoms with Crippen molar-refractivity contribution >= 4 is 17.9 Å². The molecule has 0 aliphatic carbocycles. The number of carbonyl (C=O) groups excluding carboxylic acids is 3. The molecule has 0 N–H and O–H groups in total. The van der Waals surface area contributed by atoms with Crippen molar-refractivity contribution in [3.63, 3.8) is 0 Å². The third kappa shape index (κ3) is 53.4. The summed E-state index contributed by atoms with van der Waals surface area (Å²) in [7, 11) is 0. The van der Waals surface area contributed by atoms with Crippen LogP contribution in [0.25, 0.3) is 0 Å². The predicted octanol–water partition coefficient (Wildman–Crippen LogP) is 18.8. The van der Waals surface area contributed by atoms with Gasteiger partial charge in [-0.2, -0.15) is 0 Å². The molecule has 0 aliphatic heterocycles. The molecule has 0 aromatic rings. The van der Waals surface area contributed by atoms with E-state index in [1.165, 1.54) is 128 Å². The summed E-state index contributed by atoms with van der Waals surface area (Å²) in [5.41, 5.74) is 0. The van der Waals surface area contributed by atoms with Crippen LogP contribution in [0.4, 0.5) is 0 Å². The summed E-state index contributed by atoms with van der Waals surface area (Å²) in [4.78, 5) is 38.1. The standard InChI is InChI=1S/C61H104O6/c1-4-7-10-13-16-19-22-25-28-29-30-31-34-36-39-42-45-48-51-54-60(63)66-57-58(67-61(64)55-52-49-46-43-40-37-33-27-24-21-18-15-12-9-6-3)56-65-59(62)53-50-47-44-41-38-35-32-26-23-20-17-14-11-8-5-2/h9,12,17-18,20-21,26-27,32-33,38,40-41,43,58H,4-8,10-11,13-16,19,22-25,28-31,34-37,39,42,44-57H2,1-3H3/b12-9-,20-17-,21-18-,32-26-,33-27-,41-38-,43-40-/t58-/m1/s1. The highest BCUT2D eigenvalue weighted by Crippen LogP contribution is 2.16. The predicted molar refractivity (Wildman–Crippen MR) is 288 cm³/mol. The molecule has 0 spiro atoms. The first-order valence-electron chi connectivity index (χ1n) is 28.1. The molecule has 0 bridgehead atoms. The van der Waals surface area contributed by atoms with Gasteiger partial charge in [-0.05, 0) is 96.3 Å². The van der Waals surface area contributed by atoms with Gasteiger partial charge in [0, 0.05) is 19.3 Å². The highest BCUT2D eigenvalue weighted by molar-refractivity contribution is 5.71. The van der Waals surface area contributed by atoms with Crippen LogP contribution in [0, 0.1) is 0 Å². The molecule has 0 radical (unpaired) electrons. The van der Waals surface area contributed by atoms with Crippen LogP contribution < -0.4 is 0 Å². The molecule has 0 amide bonds. The Balaban J connectivity index is 4.45. The van der Waals surface area contributed by atoms with Crippen molar-refractivity contribution in [3.05, 3.63) is 85.1 Å². The molecular weight excluding hydrogens is 829 g/mol. The van der Waals surface area contributed by atoms with E-state index in [1.807, 2.05) is 0 Å². The fraction of sp³-hybridized carbons (Fsp3) is 0.721. The molecule has 384 valence electrons. The minimum atomic E-state index is -0.813. The van der Waals surface area contributed by atoms with Gasteiger partial charge in [0.25, 0.3) is 0 Å². The Morgan fingerprint density at radius 2 is 0.582 bits per heavy atom. The molecular formula is C61H104O6. The summed E-state index contributed by atoms with van der Waals surface area (Å²) in [6, 6.07) is 0. The number of allylic oxidation sites excluding steroid dienone is 14. The minimum Gasteiger partial charge on any atom is -0.462 e. The molecule has 0 aromatic carbocycles. The first kappa shape index (κ1) is 63.6. The zero-order valence-electron chi connectivity index (χ0n) is 43.9. The van der Waals surface area contributed by atoms with E-state index in [2.05, 4.69) is 106 Å². The molecule has 0 saturated carbocycles. The third-order valence-corrected chi connectivity index (χ3v) is 11.9. The number of hydrogen-bond acceptors (Lipinski definition) is 6. The van der Waals surface area contributed by atoms with E-state index < -0.39 is 6.10 Å². The van der Waals surface area contributed by atoms with Gasteiger partial charge in [-0.3, -0.25) is 14.4 Å². The van der Waals surface area contributed by atoms with Gasteiger partial charge < -0.3 is 14.2 Å². The molecule has 6 nitrogen and oxygen atoms in total. The number of unbranched alkanes of at least 4 members (excludes halogenated alkanes) is 25. The summed E-state index contributed by atoms with van der Waals surface area (Å²) in [5, 5.41) is 0. The van der Waals surface area contributed by atoms with Gasteiger partial charge in [-0.15, -0.1) is 0 Å². The number of hydrogen-bond donors (Lipinski definition) is 0. The molecule has 0 aromatic heterocycles. The van der Waals surface area contributed by atoms with Crippen molar-refractivity contribution in [1.29, 1.82) is 0 Å². The van der Waals surface area contributed by atoms with Crippen LogP contribution in [0.3, 0.4) is 0 Å². The maximum absolute atomic E-state index is 12.8. The van der Waals surface area contributed by atoms with Crippen molar-refractivity contribution in [2.75, 3.05) is 13.2 Å². The van der Waals surface area contributed by atoms with Crippen LogP contribution in [0.2, 0.25) is 0 Å². The third-order valence-electron chi connectivity index (χ3n) is 11.9. The highest BCUT2D eigenvalue weighted by atomic mass is 16.6. The fourth-order valence-corrected chi connectivity index (χ4v) is 7.68. The van der Waals surface area contributed by atoms with E-state index >= 15 is 0 Å². The molecule has 0 rings (SSSR count). The maximum atomic E-state index is 12.8. The lowest BCUT2D eigenvalue weighted by molar-refractivity contribution is -0.167. The second kappa shape index (κ2) is 55.2. The van der Waals surface area contributed by atoms with E-state index in [0.29, 0.717) is 19.3 Å². The number of carbonyl (C=O) groups is 3. The van der Waals surface area contributed by atoms with E-state index in [-0.39, 0.29) is 37.5 Å². The Morgan fingerprint density at radius 1 is 0.313 bits per heavy atom. The topological polar surface area (TPSA) is 78.9 Å². The summed E-state index contributed by atoms with van der Waals surface area (Å²) in [5.74, 6) is -0.980. The number of rotatable bonds is 50. The van der Waals surface area contributed by atoms with Gasteiger partial charge in [-0.1, -0.05) is 234 Å². The number of esters is 3. The summed E-state index contributed by atoms with van der Waals surface area (Å²) < 4.78 is 16.8. The van der Waals surface area contributed by atoms with Crippen LogP contribution in [-0.4, -0.2) is 37.2 Å². The lowest BCUT2D eigenvalue weighted by Gasteiger charge is -2.18. The fourth-order valence-electron chi connectivity index (χ4n) is 7.68. The molecule has 0 unspecified atom stereocenters. The second-order valence-electron chi connectivity index (χ2n) is 18.5. The highest BCUT2D eigenvalue weighted by Gasteiger charge is 2.19. The first-order chi connectivity index (χ1) is 33.0. The van der Waals surface area contributed by atoms with E-state index in [9.17, 15) is 14.4 Å². The Labute approximate surface area is 414 Å². The van der Waals surface area contributed by atoms with Crippen LogP contribution >= 0.6 is 0 Å². The molecule has 0 fully saturated rings.